The maximum absolute atomic E-state index is 14.8. The van der Waals surface area contributed by atoms with Crippen LogP contribution in [0.15, 0.2) is 71.9 Å². The molecule has 3 N–H and O–H groups in total. The average Bonchev–Trinajstić information content (AvgIpc) is 3.14. The molecule has 0 aliphatic carbocycles. The van der Waals surface area contributed by atoms with Crippen LogP contribution in [0.3, 0.4) is 0 Å². The third-order valence-corrected chi connectivity index (χ3v) is 7.83. The van der Waals surface area contributed by atoms with E-state index in [0.29, 0.717) is 39.7 Å². The summed E-state index contributed by atoms with van der Waals surface area (Å²) >= 11 is 6.32. The van der Waals surface area contributed by atoms with E-state index in [2.05, 4.69) is 25.5 Å². The van der Waals surface area contributed by atoms with Crippen molar-refractivity contribution in [1.29, 1.82) is 5.41 Å². The van der Waals surface area contributed by atoms with E-state index in [-0.39, 0.29) is 17.8 Å². The molecule has 1 saturated heterocycles. The van der Waals surface area contributed by atoms with Crippen molar-refractivity contribution >= 4 is 34.8 Å². The van der Waals surface area contributed by atoms with Crippen molar-refractivity contribution < 1.29 is 8.78 Å². The minimum absolute atomic E-state index is 0.146. The van der Waals surface area contributed by atoms with Crippen molar-refractivity contribution in [2.24, 2.45) is 4.99 Å². The average molecular weight is 572 g/mol. The number of nitrogens with zero attached hydrogens (tertiary/aromatic N) is 4. The van der Waals surface area contributed by atoms with E-state index < -0.39 is 11.6 Å². The van der Waals surface area contributed by atoms with Crippen LogP contribution in [-0.2, 0) is 6.54 Å². The first-order valence-corrected chi connectivity index (χ1v) is 13.8. The topological polar surface area (TPSA) is 89.3 Å². The van der Waals surface area contributed by atoms with Gasteiger partial charge in [-0.3, -0.25) is 10.4 Å². The van der Waals surface area contributed by atoms with Gasteiger partial charge in [-0.15, -0.1) is 0 Å². The van der Waals surface area contributed by atoms with Gasteiger partial charge in [0.25, 0.3) is 0 Å². The van der Waals surface area contributed by atoms with Crippen LogP contribution in [0.5, 0.6) is 0 Å². The van der Waals surface area contributed by atoms with Crippen LogP contribution in [0.2, 0.25) is 5.02 Å². The number of benzene rings is 3. The number of piperidine rings is 1. The Labute approximate surface area is 241 Å². The highest BCUT2D eigenvalue weighted by Crippen LogP contribution is 2.34. The molecule has 0 unspecified atom stereocenters. The van der Waals surface area contributed by atoms with Crippen LogP contribution in [0.1, 0.15) is 35.1 Å². The Morgan fingerprint density at radius 2 is 1.73 bits per heavy atom. The molecule has 0 spiro atoms. The highest BCUT2D eigenvalue weighted by Gasteiger charge is 2.25. The predicted molar refractivity (Wildman–Crippen MR) is 158 cm³/mol. The first-order chi connectivity index (χ1) is 19.9. The molecule has 3 aromatic carbocycles. The molecule has 2 aliphatic rings. The summed E-state index contributed by atoms with van der Waals surface area (Å²) in [6, 6.07) is 17.0. The molecule has 7 nitrogen and oxygen atoms in total. The number of rotatable bonds is 5. The van der Waals surface area contributed by atoms with Crippen LogP contribution >= 0.6 is 11.6 Å². The zero-order chi connectivity index (χ0) is 28.5. The maximum Gasteiger partial charge on any atom is 0.227 e. The van der Waals surface area contributed by atoms with E-state index in [0.717, 1.165) is 42.7 Å². The molecule has 10 heteroatoms. The normalized spacial score (nSPS) is 15.0. The largest absolute Gasteiger partial charge is 0.356 e. The van der Waals surface area contributed by atoms with Crippen LogP contribution < -0.4 is 10.6 Å². The maximum atomic E-state index is 14.8. The summed E-state index contributed by atoms with van der Waals surface area (Å²) in [6.07, 6.45) is 3.71. The summed E-state index contributed by atoms with van der Waals surface area (Å²) in [4.78, 5) is 15.9. The molecule has 0 radical (unpaired) electrons. The van der Waals surface area contributed by atoms with Gasteiger partial charge >= 0.3 is 0 Å². The highest BCUT2D eigenvalue weighted by molar-refractivity contribution is 6.31. The standard InChI is InChI=1S/C31H28ClF2N7/c1-36-21-11-13-41(14-12-21)30(35)18-5-8-22(9-6-18)39-31-38-17-19-16-37-29(27-25(33)3-2-4-26(27)34)24-15-20(32)7-10-23(24)28(19)40-31/h2-10,15,17,21,35-36H,11-14,16H2,1H3,(H,38,39,40). The molecule has 1 fully saturated rings. The van der Waals surface area contributed by atoms with Gasteiger partial charge < -0.3 is 15.5 Å². The summed E-state index contributed by atoms with van der Waals surface area (Å²) in [5, 5.41) is 15.6. The van der Waals surface area contributed by atoms with Crippen LogP contribution in [0, 0.1) is 17.0 Å². The number of fused-ring (bicyclic) bond motifs is 3. The Morgan fingerprint density at radius 1 is 1.00 bits per heavy atom. The second-order valence-electron chi connectivity index (χ2n) is 10.1. The van der Waals surface area contributed by atoms with E-state index >= 15 is 0 Å². The fourth-order valence-corrected chi connectivity index (χ4v) is 5.51. The Morgan fingerprint density at radius 3 is 2.44 bits per heavy atom. The monoisotopic (exact) mass is 571 g/mol. The van der Waals surface area contributed by atoms with Crippen LogP contribution in [0.25, 0.3) is 11.3 Å². The van der Waals surface area contributed by atoms with E-state index in [1.807, 2.05) is 31.3 Å². The smallest absolute Gasteiger partial charge is 0.227 e. The molecule has 208 valence electrons. The molecule has 0 amide bonds. The molecular weight excluding hydrogens is 544 g/mol. The van der Waals surface area contributed by atoms with Crippen molar-refractivity contribution in [3.05, 3.63) is 106 Å². The fraction of sp³-hybridized carbons (Fsp3) is 0.226. The van der Waals surface area contributed by atoms with Crippen molar-refractivity contribution in [2.75, 3.05) is 25.5 Å². The molecular formula is C31H28ClF2N7. The molecule has 0 saturated carbocycles. The summed E-state index contributed by atoms with van der Waals surface area (Å²) in [5.74, 6) is -0.520. The van der Waals surface area contributed by atoms with Crippen LogP contribution in [0.4, 0.5) is 20.4 Å². The zero-order valence-corrected chi connectivity index (χ0v) is 23.1. The first-order valence-electron chi connectivity index (χ1n) is 13.4. The predicted octanol–water partition coefficient (Wildman–Crippen LogP) is 6.18. The van der Waals surface area contributed by atoms with Gasteiger partial charge in [-0.25, -0.2) is 18.7 Å². The third-order valence-electron chi connectivity index (χ3n) is 7.60. The molecule has 0 atom stereocenters. The molecule has 4 aromatic rings. The lowest BCUT2D eigenvalue weighted by molar-refractivity contribution is 0.291. The van der Waals surface area contributed by atoms with Gasteiger partial charge in [0.1, 0.15) is 17.5 Å². The number of likely N-dealkylation sites (tertiary alicyclic amines) is 1. The lowest BCUT2D eigenvalue weighted by atomic mass is 9.95. The Bertz CT molecular complexity index is 1630. The quantitative estimate of drug-likeness (QED) is 0.197. The lowest BCUT2D eigenvalue weighted by Crippen LogP contribution is -2.43. The van der Waals surface area contributed by atoms with Gasteiger partial charge in [0.05, 0.1) is 23.5 Å². The van der Waals surface area contributed by atoms with Gasteiger partial charge in [0.15, 0.2) is 0 Å². The molecule has 6 rings (SSSR count). The Hall–Kier alpha value is -4.21. The Kier molecular flexibility index (Phi) is 7.47. The number of halogens is 3. The zero-order valence-electron chi connectivity index (χ0n) is 22.4. The molecule has 41 heavy (non-hydrogen) atoms. The first kappa shape index (κ1) is 27.0. The second-order valence-corrected chi connectivity index (χ2v) is 10.6. The fourth-order valence-electron chi connectivity index (χ4n) is 5.34. The lowest BCUT2D eigenvalue weighted by Gasteiger charge is -2.33. The summed E-state index contributed by atoms with van der Waals surface area (Å²) in [5.41, 5.74) is 4.06. The molecule has 2 aliphatic heterocycles. The van der Waals surface area contributed by atoms with Gasteiger partial charge in [-0.1, -0.05) is 23.7 Å². The van der Waals surface area contributed by atoms with E-state index in [9.17, 15) is 8.78 Å². The summed E-state index contributed by atoms with van der Waals surface area (Å²) in [7, 11) is 1.98. The number of hydrogen-bond donors (Lipinski definition) is 3. The van der Waals surface area contributed by atoms with Gasteiger partial charge in [0.2, 0.25) is 5.95 Å². The molecule has 0 bridgehead atoms. The minimum Gasteiger partial charge on any atom is -0.356 e. The molecule has 3 heterocycles. The number of aliphatic imine (C=N–C) groups is 1. The summed E-state index contributed by atoms with van der Waals surface area (Å²) in [6.45, 7) is 1.86. The highest BCUT2D eigenvalue weighted by atomic mass is 35.5. The minimum atomic E-state index is -0.701. The number of aromatic nitrogens is 2. The van der Waals surface area contributed by atoms with E-state index in [4.69, 9.17) is 22.0 Å². The van der Waals surface area contributed by atoms with E-state index in [1.165, 1.54) is 18.2 Å². The number of amidine groups is 1. The Balaban J connectivity index is 1.27. The van der Waals surface area contributed by atoms with Gasteiger partial charge in [-0.05, 0) is 68.4 Å². The van der Waals surface area contributed by atoms with Crippen molar-refractivity contribution in [3.63, 3.8) is 0 Å². The third kappa shape index (κ3) is 5.42. The van der Waals surface area contributed by atoms with Gasteiger partial charge in [0, 0.05) is 58.3 Å². The number of hydrogen-bond acceptors (Lipinski definition) is 6. The second kappa shape index (κ2) is 11.3. The number of anilines is 2. The van der Waals surface area contributed by atoms with E-state index in [1.54, 1.807) is 24.4 Å². The van der Waals surface area contributed by atoms with Crippen molar-refractivity contribution in [2.45, 2.75) is 25.4 Å². The molecule has 1 aromatic heterocycles. The number of nitrogens with one attached hydrogen (secondary N) is 3. The van der Waals surface area contributed by atoms with Crippen molar-refractivity contribution in [3.8, 4) is 11.3 Å². The SMILES string of the molecule is CNC1CCN(C(=N)c2ccc(Nc3ncc4c(n3)-c3ccc(Cl)cc3C(c3c(F)cccc3F)=NC4)cc2)CC1. The van der Waals surface area contributed by atoms with Gasteiger partial charge in [-0.2, -0.15) is 0 Å². The summed E-state index contributed by atoms with van der Waals surface area (Å²) < 4.78 is 29.6. The van der Waals surface area contributed by atoms with Crippen LogP contribution in [-0.4, -0.2) is 52.6 Å². The van der Waals surface area contributed by atoms with Crippen molar-refractivity contribution in [1.82, 2.24) is 20.2 Å².